The molecule has 0 aliphatic heterocycles. The van der Waals surface area contributed by atoms with E-state index in [2.05, 4.69) is 15.0 Å². The van der Waals surface area contributed by atoms with Crippen LogP contribution in [-0.2, 0) is 20.6 Å². The largest absolute Gasteiger partial charge is 0.481 e. The van der Waals surface area contributed by atoms with Crippen molar-refractivity contribution in [3.63, 3.8) is 0 Å². The third-order valence-corrected chi connectivity index (χ3v) is 7.76. The Morgan fingerprint density at radius 1 is 1.22 bits per heavy atom. The maximum Gasteiger partial charge on any atom is 0.306 e. The molecule has 36 heavy (non-hydrogen) atoms. The molecule has 0 radical (unpaired) electrons. The van der Waals surface area contributed by atoms with E-state index in [1.54, 1.807) is 14.0 Å². The van der Waals surface area contributed by atoms with Crippen LogP contribution in [0.2, 0.25) is 0 Å². The number of rotatable bonds is 11. The first kappa shape index (κ1) is 25.8. The highest BCUT2D eigenvalue weighted by atomic mass is 32.2. The number of furan rings is 1. The van der Waals surface area contributed by atoms with Crippen LogP contribution in [0.3, 0.4) is 0 Å². The smallest absolute Gasteiger partial charge is 0.306 e. The summed E-state index contributed by atoms with van der Waals surface area (Å²) in [5.74, 6) is -1.46. The normalized spacial score (nSPS) is 14.6. The van der Waals surface area contributed by atoms with E-state index in [4.69, 9.17) is 9.52 Å². The summed E-state index contributed by atoms with van der Waals surface area (Å²) >= 11 is 0. The number of carbonyl (C=O) groups is 2. The fraction of sp³-hybridized carbons (Fsp3) is 0.423. The van der Waals surface area contributed by atoms with Gasteiger partial charge < -0.3 is 14.8 Å². The number of carbonyl (C=O) groups excluding carboxylic acids is 1. The molecule has 9 nitrogen and oxygen atoms in total. The van der Waals surface area contributed by atoms with E-state index in [9.17, 15) is 18.0 Å². The van der Waals surface area contributed by atoms with Crippen molar-refractivity contribution in [2.45, 2.75) is 51.2 Å². The number of benzene rings is 1. The molecule has 1 unspecified atom stereocenters. The highest BCUT2D eigenvalue weighted by molar-refractivity contribution is 7.88. The maximum atomic E-state index is 12.9. The predicted octanol–water partition coefficient (Wildman–Crippen LogP) is 3.96. The molecule has 1 aromatic carbocycles. The number of carboxylic acids is 1. The van der Waals surface area contributed by atoms with Gasteiger partial charge in [-0.2, -0.15) is 0 Å². The van der Waals surface area contributed by atoms with Gasteiger partial charge in [0.2, 0.25) is 15.7 Å². The Morgan fingerprint density at radius 3 is 2.53 bits per heavy atom. The van der Waals surface area contributed by atoms with Crippen molar-refractivity contribution in [2.75, 3.05) is 13.6 Å². The number of amides is 1. The summed E-state index contributed by atoms with van der Waals surface area (Å²) in [6.07, 6.45) is 2.66. The second-order valence-electron chi connectivity index (χ2n) is 9.44. The molecule has 1 fully saturated rings. The summed E-state index contributed by atoms with van der Waals surface area (Å²) < 4.78 is 34.3. The van der Waals surface area contributed by atoms with E-state index in [1.807, 2.05) is 37.3 Å². The van der Waals surface area contributed by atoms with Crippen LogP contribution in [0.1, 0.15) is 65.7 Å². The molecule has 2 heterocycles. The van der Waals surface area contributed by atoms with Gasteiger partial charge in [0.05, 0.1) is 22.6 Å². The molecular formula is C26H31N3O6S. The number of pyridine rings is 1. The summed E-state index contributed by atoms with van der Waals surface area (Å²) in [5.41, 5.74) is 3.62. The molecule has 1 aliphatic carbocycles. The highest BCUT2D eigenvalue weighted by Gasteiger charge is 2.31. The number of aryl methyl sites for hydroxylation is 1. The number of hydrogen-bond donors (Lipinski definition) is 3. The lowest BCUT2D eigenvalue weighted by atomic mass is 10.0. The van der Waals surface area contributed by atoms with E-state index in [1.165, 1.54) is 0 Å². The minimum absolute atomic E-state index is 0.153. The van der Waals surface area contributed by atoms with Crippen molar-refractivity contribution in [1.82, 2.24) is 15.0 Å². The molecule has 2 aromatic heterocycles. The Bertz CT molecular complexity index is 1390. The van der Waals surface area contributed by atoms with Crippen molar-refractivity contribution in [1.29, 1.82) is 0 Å². The summed E-state index contributed by atoms with van der Waals surface area (Å²) in [7, 11) is -2.16. The average molecular weight is 514 g/mol. The molecule has 1 aliphatic rings. The first-order chi connectivity index (χ1) is 17.1. The molecule has 1 atom stereocenters. The van der Waals surface area contributed by atoms with Crippen molar-refractivity contribution in [3.05, 3.63) is 52.7 Å². The van der Waals surface area contributed by atoms with Crippen LogP contribution in [0.4, 0.5) is 0 Å². The number of carboxylic acid groups (broad SMARTS) is 1. The number of nitrogens with one attached hydrogen (secondary N) is 2. The van der Waals surface area contributed by atoms with E-state index < -0.39 is 21.9 Å². The molecule has 10 heteroatoms. The van der Waals surface area contributed by atoms with Crippen molar-refractivity contribution >= 4 is 33.0 Å². The first-order valence-corrected chi connectivity index (χ1v) is 13.7. The molecule has 192 valence electrons. The van der Waals surface area contributed by atoms with Gasteiger partial charge in [0.15, 0.2) is 0 Å². The maximum absolute atomic E-state index is 12.9. The highest BCUT2D eigenvalue weighted by Crippen LogP contribution is 2.44. The number of nitrogens with zero attached hydrogens (tertiary/aromatic N) is 1. The lowest BCUT2D eigenvalue weighted by Crippen LogP contribution is -2.27. The third-order valence-electron chi connectivity index (χ3n) is 6.46. The summed E-state index contributed by atoms with van der Waals surface area (Å²) in [4.78, 5) is 28.4. The van der Waals surface area contributed by atoms with Crippen LogP contribution in [0, 0.1) is 12.8 Å². The SMILES string of the molecule is CNC(=O)c1c(-c2ccc(C)cc2)oc2nc(CS(=O)(=O)NCCCC(C)C(=O)O)c(C3CC3)cc12. The minimum atomic E-state index is -3.71. The van der Waals surface area contributed by atoms with E-state index in [-0.39, 0.29) is 29.8 Å². The van der Waals surface area contributed by atoms with Gasteiger partial charge in [-0.3, -0.25) is 9.59 Å². The molecular weight excluding hydrogens is 482 g/mol. The molecule has 0 saturated heterocycles. The zero-order valence-corrected chi connectivity index (χ0v) is 21.4. The summed E-state index contributed by atoms with van der Waals surface area (Å²) in [6.45, 7) is 3.72. The van der Waals surface area contributed by atoms with Gasteiger partial charge in [-0.05, 0) is 50.2 Å². The van der Waals surface area contributed by atoms with Crippen molar-refractivity contribution in [2.24, 2.45) is 5.92 Å². The Morgan fingerprint density at radius 2 is 1.92 bits per heavy atom. The van der Waals surface area contributed by atoms with Crippen molar-refractivity contribution in [3.8, 4) is 11.3 Å². The Kier molecular flexibility index (Phi) is 7.46. The quantitative estimate of drug-likeness (QED) is 0.330. The lowest BCUT2D eigenvalue weighted by molar-refractivity contribution is -0.141. The van der Waals surface area contributed by atoms with Crippen LogP contribution in [0.25, 0.3) is 22.4 Å². The molecule has 1 amide bonds. The second-order valence-corrected chi connectivity index (χ2v) is 11.2. The number of sulfonamides is 1. The molecule has 3 aromatic rings. The monoisotopic (exact) mass is 513 g/mol. The molecule has 4 rings (SSSR count). The standard InChI is InChI=1S/C26H31N3O6S/c1-15-6-8-18(9-7-15)23-22(24(30)27-3)20-13-19(17-10-11-17)21(29-25(20)35-23)14-36(33,34)28-12-4-5-16(2)26(31)32/h6-9,13,16-17,28H,4-5,10-12,14H2,1-3H3,(H,27,30)(H,31,32). The van der Waals surface area contributed by atoms with E-state index in [0.29, 0.717) is 35.2 Å². The number of aliphatic carboxylic acids is 1. The van der Waals surface area contributed by atoms with Gasteiger partial charge in [-0.15, -0.1) is 0 Å². The summed E-state index contributed by atoms with van der Waals surface area (Å²) in [5, 5.41) is 12.2. The molecule has 0 bridgehead atoms. The molecule has 0 spiro atoms. The zero-order chi connectivity index (χ0) is 26.0. The minimum Gasteiger partial charge on any atom is -0.481 e. The van der Waals surface area contributed by atoms with Crippen LogP contribution in [0.15, 0.2) is 34.7 Å². The van der Waals surface area contributed by atoms with Gasteiger partial charge in [-0.25, -0.2) is 18.1 Å². The Labute approximate surface area is 210 Å². The zero-order valence-electron chi connectivity index (χ0n) is 20.6. The van der Waals surface area contributed by atoms with Crippen molar-refractivity contribution < 1.29 is 27.5 Å². The molecule has 3 N–H and O–H groups in total. The number of hydrogen-bond acceptors (Lipinski definition) is 6. The average Bonchev–Trinajstić information content (AvgIpc) is 3.61. The fourth-order valence-corrected chi connectivity index (χ4v) is 5.34. The van der Waals surface area contributed by atoms with Crippen LogP contribution >= 0.6 is 0 Å². The summed E-state index contributed by atoms with van der Waals surface area (Å²) in [6, 6.07) is 9.47. The van der Waals surface area contributed by atoms with Crippen LogP contribution in [-0.4, -0.2) is 44.0 Å². The third kappa shape index (κ3) is 5.76. The van der Waals surface area contributed by atoms with Crippen LogP contribution in [0.5, 0.6) is 0 Å². The van der Waals surface area contributed by atoms with Gasteiger partial charge >= 0.3 is 5.97 Å². The fourth-order valence-electron chi connectivity index (χ4n) is 4.19. The molecule has 1 saturated carbocycles. The lowest BCUT2D eigenvalue weighted by Gasteiger charge is -2.11. The van der Waals surface area contributed by atoms with E-state index >= 15 is 0 Å². The van der Waals surface area contributed by atoms with Gasteiger partial charge in [-0.1, -0.05) is 36.8 Å². The van der Waals surface area contributed by atoms with Gasteiger partial charge in [0.1, 0.15) is 11.5 Å². The topological polar surface area (TPSA) is 139 Å². The number of fused-ring (bicyclic) bond motifs is 1. The number of aromatic nitrogens is 1. The predicted molar refractivity (Wildman–Crippen MR) is 136 cm³/mol. The second kappa shape index (κ2) is 10.4. The Hall–Kier alpha value is -3.24. The van der Waals surface area contributed by atoms with Gasteiger partial charge in [0.25, 0.3) is 5.91 Å². The Balaban J connectivity index is 1.66. The van der Waals surface area contributed by atoms with E-state index in [0.717, 1.165) is 29.5 Å². The van der Waals surface area contributed by atoms with Gasteiger partial charge in [0, 0.05) is 19.2 Å². The first-order valence-electron chi connectivity index (χ1n) is 12.0. The van der Waals surface area contributed by atoms with Crippen LogP contribution < -0.4 is 10.0 Å².